The number of carboxylic acids is 1. The van der Waals surface area contributed by atoms with Gasteiger partial charge in [0.05, 0.1) is 5.03 Å². The summed E-state index contributed by atoms with van der Waals surface area (Å²) in [7, 11) is -3.77. The summed E-state index contributed by atoms with van der Waals surface area (Å²) in [5, 5.41) is 9.98. The van der Waals surface area contributed by atoms with Crippen LogP contribution < -0.4 is 10.5 Å². The third-order valence-electron chi connectivity index (χ3n) is 3.99. The molecule has 1 aromatic carbocycles. The number of carbonyl (C=O) groups is 1. The zero-order chi connectivity index (χ0) is 16.0. The van der Waals surface area contributed by atoms with Gasteiger partial charge < -0.3 is 10.8 Å². The van der Waals surface area contributed by atoms with Crippen LogP contribution in [0.4, 0.5) is 0 Å². The maximum atomic E-state index is 12.4. The molecule has 0 spiro atoms. The molecule has 2 aliphatic rings. The number of nitrogens with one attached hydrogen (secondary N) is 1. The van der Waals surface area contributed by atoms with Crippen molar-refractivity contribution in [2.75, 3.05) is 0 Å². The number of hydrogen-bond acceptors (Lipinski definition) is 5. The highest BCUT2D eigenvalue weighted by molar-refractivity contribution is 8.15. The molecule has 1 heterocycles. The van der Waals surface area contributed by atoms with Crippen LogP contribution >= 0.6 is 11.8 Å². The molecule has 3 atom stereocenters. The van der Waals surface area contributed by atoms with Gasteiger partial charge in [-0.3, -0.25) is 4.79 Å². The summed E-state index contributed by atoms with van der Waals surface area (Å²) in [5.41, 5.74) is 4.97. The van der Waals surface area contributed by atoms with Crippen LogP contribution in [-0.4, -0.2) is 29.6 Å². The van der Waals surface area contributed by atoms with Crippen molar-refractivity contribution in [2.45, 2.75) is 28.9 Å². The molecule has 0 saturated heterocycles. The van der Waals surface area contributed by atoms with Gasteiger partial charge in [-0.15, -0.1) is 0 Å². The summed E-state index contributed by atoms with van der Waals surface area (Å²) in [6.45, 7) is 0. The minimum Gasteiger partial charge on any atom is -0.480 e. The molecule has 118 valence electrons. The first kappa shape index (κ1) is 15.4. The first-order valence-corrected chi connectivity index (χ1v) is 9.21. The van der Waals surface area contributed by atoms with Gasteiger partial charge in [0.25, 0.3) is 0 Å². The average molecular weight is 340 g/mol. The summed E-state index contributed by atoms with van der Waals surface area (Å²) in [6.07, 6.45) is 2.19. The molecular weight excluding hydrogens is 324 g/mol. The van der Waals surface area contributed by atoms with Crippen molar-refractivity contribution in [3.05, 3.63) is 47.0 Å². The fourth-order valence-electron chi connectivity index (χ4n) is 2.71. The van der Waals surface area contributed by atoms with Crippen LogP contribution in [0.15, 0.2) is 41.4 Å². The zero-order valence-corrected chi connectivity index (χ0v) is 13.2. The molecule has 3 rings (SSSR count). The van der Waals surface area contributed by atoms with E-state index in [-0.39, 0.29) is 18.8 Å². The van der Waals surface area contributed by atoms with Gasteiger partial charge >= 0.3 is 5.97 Å². The Labute approximate surface area is 132 Å². The molecule has 1 aromatic rings. The summed E-state index contributed by atoms with van der Waals surface area (Å²) in [6, 6.07) is 9.08. The Bertz CT molecular complexity index is 732. The van der Waals surface area contributed by atoms with Crippen LogP contribution in [-0.2, 0) is 14.8 Å². The first-order chi connectivity index (χ1) is 10.3. The van der Waals surface area contributed by atoms with Crippen molar-refractivity contribution in [3.8, 4) is 0 Å². The van der Waals surface area contributed by atoms with Crippen molar-refractivity contribution in [2.24, 2.45) is 5.73 Å². The van der Waals surface area contributed by atoms with E-state index in [4.69, 9.17) is 5.73 Å². The number of hydrogen-bond donors (Lipinski definition) is 3. The lowest BCUT2D eigenvalue weighted by Crippen LogP contribution is -2.47. The lowest BCUT2D eigenvalue weighted by Gasteiger charge is -2.18. The summed E-state index contributed by atoms with van der Waals surface area (Å²) in [4.78, 5) is 11.7. The van der Waals surface area contributed by atoms with Gasteiger partial charge in [-0.05, 0) is 18.4 Å². The third-order valence-corrected chi connectivity index (χ3v) is 7.47. The van der Waals surface area contributed by atoms with Crippen LogP contribution in [0.1, 0.15) is 24.3 Å². The molecule has 1 aliphatic heterocycles. The number of allylic oxidation sites excluding steroid dienone is 1. The van der Waals surface area contributed by atoms with Crippen LogP contribution in [0.25, 0.3) is 0 Å². The molecule has 22 heavy (non-hydrogen) atoms. The van der Waals surface area contributed by atoms with E-state index < -0.39 is 26.1 Å². The largest absolute Gasteiger partial charge is 0.480 e. The van der Waals surface area contributed by atoms with Crippen molar-refractivity contribution >= 4 is 27.8 Å². The number of nitrogens with two attached hydrogens (primary N) is 1. The maximum Gasteiger partial charge on any atom is 0.325 e. The Hall–Kier alpha value is -1.51. The van der Waals surface area contributed by atoms with Crippen LogP contribution in [0.3, 0.4) is 0 Å². The van der Waals surface area contributed by atoms with Gasteiger partial charge in [-0.2, -0.15) is 4.72 Å². The van der Waals surface area contributed by atoms with E-state index in [1.54, 1.807) is 6.08 Å². The Kier molecular flexibility index (Phi) is 3.70. The smallest absolute Gasteiger partial charge is 0.325 e. The monoisotopic (exact) mass is 340 g/mol. The van der Waals surface area contributed by atoms with E-state index in [0.717, 1.165) is 17.3 Å². The lowest BCUT2D eigenvalue weighted by molar-refractivity contribution is -0.140. The van der Waals surface area contributed by atoms with Gasteiger partial charge in [-0.25, -0.2) is 8.42 Å². The van der Waals surface area contributed by atoms with Crippen molar-refractivity contribution in [3.63, 3.8) is 0 Å². The highest BCUT2D eigenvalue weighted by Crippen LogP contribution is 2.52. The molecule has 0 radical (unpaired) electrons. The molecule has 0 aromatic heterocycles. The van der Waals surface area contributed by atoms with E-state index in [9.17, 15) is 18.3 Å². The molecule has 3 unspecified atom stereocenters. The molecule has 1 saturated carbocycles. The van der Waals surface area contributed by atoms with Gasteiger partial charge in [0.1, 0.15) is 10.1 Å². The molecular formula is C14H16N2O4S2. The molecule has 6 nitrogen and oxygen atoms in total. The highest BCUT2D eigenvalue weighted by Gasteiger charge is 2.63. The molecule has 4 N–H and O–H groups in total. The van der Waals surface area contributed by atoms with Crippen LogP contribution in [0.2, 0.25) is 0 Å². The SMILES string of the molecule is NC1=CCC(S(=O)(=O)NC2(C(=O)O)CC2c2ccccc2)S1. The number of thioether (sulfide) groups is 1. The van der Waals surface area contributed by atoms with E-state index in [0.29, 0.717) is 5.03 Å². The Balaban J connectivity index is 1.81. The summed E-state index contributed by atoms with van der Waals surface area (Å²) >= 11 is 1.05. The van der Waals surface area contributed by atoms with Crippen molar-refractivity contribution in [1.29, 1.82) is 0 Å². The molecule has 1 aliphatic carbocycles. The fraction of sp³-hybridized carbons (Fsp3) is 0.357. The summed E-state index contributed by atoms with van der Waals surface area (Å²) in [5.74, 6) is -1.49. The topological polar surface area (TPSA) is 109 Å². The Morgan fingerprint density at radius 2 is 2.05 bits per heavy atom. The van der Waals surface area contributed by atoms with Gasteiger partial charge in [0.15, 0.2) is 0 Å². The average Bonchev–Trinajstić information content (AvgIpc) is 3.02. The predicted octanol–water partition coefficient (Wildman–Crippen LogP) is 1.18. The maximum absolute atomic E-state index is 12.4. The minimum absolute atomic E-state index is 0.256. The fourth-order valence-corrected chi connectivity index (χ4v) is 5.69. The quantitative estimate of drug-likeness (QED) is 0.742. The van der Waals surface area contributed by atoms with Crippen LogP contribution in [0, 0.1) is 0 Å². The van der Waals surface area contributed by atoms with Gasteiger partial charge in [0, 0.05) is 5.92 Å². The van der Waals surface area contributed by atoms with Crippen molar-refractivity contribution < 1.29 is 18.3 Å². The minimum atomic E-state index is -3.77. The number of sulfonamides is 1. The number of carboxylic acid groups (broad SMARTS) is 1. The van der Waals surface area contributed by atoms with Crippen molar-refractivity contribution in [1.82, 2.24) is 4.72 Å². The standard InChI is InChI=1S/C14H16N2O4S2/c15-11-6-7-12(21-11)22(19,20)16-14(13(17)18)8-10(14)9-4-2-1-3-5-9/h1-6,10,12,16H,7-8,15H2,(H,17,18). The molecule has 0 amide bonds. The molecule has 0 bridgehead atoms. The first-order valence-electron chi connectivity index (χ1n) is 6.78. The van der Waals surface area contributed by atoms with E-state index in [1.165, 1.54) is 0 Å². The van der Waals surface area contributed by atoms with E-state index in [1.807, 2.05) is 30.3 Å². The molecule has 1 fully saturated rings. The lowest BCUT2D eigenvalue weighted by atomic mass is 10.1. The number of rotatable bonds is 5. The third kappa shape index (κ3) is 2.62. The van der Waals surface area contributed by atoms with E-state index in [2.05, 4.69) is 4.72 Å². The molecule has 8 heteroatoms. The number of benzene rings is 1. The second kappa shape index (κ2) is 5.29. The Morgan fingerprint density at radius 3 is 2.59 bits per heavy atom. The van der Waals surface area contributed by atoms with Gasteiger partial charge in [-0.1, -0.05) is 48.2 Å². The normalized spacial score (nSPS) is 30.8. The number of aliphatic carboxylic acids is 1. The van der Waals surface area contributed by atoms with E-state index >= 15 is 0 Å². The van der Waals surface area contributed by atoms with Crippen LogP contribution in [0.5, 0.6) is 0 Å². The predicted molar refractivity (Wildman–Crippen MR) is 84.5 cm³/mol. The second-order valence-corrected chi connectivity index (χ2v) is 8.92. The second-order valence-electron chi connectivity index (χ2n) is 5.48. The highest BCUT2D eigenvalue weighted by atomic mass is 32.3. The zero-order valence-electron chi connectivity index (χ0n) is 11.6. The van der Waals surface area contributed by atoms with Gasteiger partial charge in [0.2, 0.25) is 10.0 Å². The summed E-state index contributed by atoms with van der Waals surface area (Å²) < 4.78 is 26.5. The Morgan fingerprint density at radius 1 is 1.36 bits per heavy atom.